The third-order valence-electron chi connectivity index (χ3n) is 5.32. The number of hydroxylamine groups is 1. The van der Waals surface area contributed by atoms with Crippen LogP contribution in [0.5, 0.6) is 0 Å². The first-order valence-electron chi connectivity index (χ1n) is 10.1. The highest BCUT2D eigenvalue weighted by Gasteiger charge is 2.29. The number of carboxylic acid groups (broad SMARTS) is 1. The minimum atomic E-state index is -1.20. The van der Waals surface area contributed by atoms with Crippen LogP contribution in [-0.2, 0) is 19.2 Å². The quantitative estimate of drug-likeness (QED) is 0.531. The van der Waals surface area contributed by atoms with E-state index >= 15 is 0 Å². The Morgan fingerprint density at radius 1 is 1.00 bits per heavy atom. The van der Waals surface area contributed by atoms with Gasteiger partial charge in [0, 0.05) is 12.5 Å². The summed E-state index contributed by atoms with van der Waals surface area (Å²) in [6.45, 7) is 3.22. The summed E-state index contributed by atoms with van der Waals surface area (Å²) in [7, 11) is 0. The smallest absolute Gasteiger partial charge is 0.407 e. The van der Waals surface area contributed by atoms with Crippen molar-refractivity contribution in [3.05, 3.63) is 59.7 Å². The lowest BCUT2D eigenvalue weighted by atomic mass is 9.95. The number of benzene rings is 2. The van der Waals surface area contributed by atoms with Crippen LogP contribution in [0.3, 0.4) is 0 Å². The number of rotatable bonds is 9. The van der Waals surface area contributed by atoms with E-state index in [9.17, 15) is 14.4 Å². The number of carbonyl (C=O) groups excluding carboxylic acids is 2. The maximum atomic E-state index is 12.3. The highest BCUT2D eigenvalue weighted by molar-refractivity contribution is 5.80. The first kappa shape index (κ1) is 22.3. The lowest BCUT2D eigenvalue weighted by Crippen LogP contribution is -2.42. The molecule has 0 aliphatic heterocycles. The molecule has 31 heavy (non-hydrogen) atoms. The van der Waals surface area contributed by atoms with E-state index in [1.54, 1.807) is 0 Å². The molecule has 0 saturated heterocycles. The second-order valence-corrected chi connectivity index (χ2v) is 7.71. The fourth-order valence-corrected chi connectivity index (χ4v) is 3.72. The lowest BCUT2D eigenvalue weighted by Gasteiger charge is -2.20. The normalized spacial score (nSPS) is 13.3. The summed E-state index contributed by atoms with van der Waals surface area (Å²) in [5.41, 5.74) is 6.63. The molecule has 8 nitrogen and oxygen atoms in total. The molecule has 0 radical (unpaired) electrons. The number of alkyl carbamates (subject to hydrolysis) is 1. The standard InChI is InChI=1S/C23H26N2O6/c1-14(2)19(22(28)25-31-13-21(26)27)11-24-23(29)30-12-20-17-9-5-3-7-15(17)16-8-4-6-10-18(16)20/h3-10,14,19-20H,11-13H2,1-2H3,(H,24,29)(H,25,28)(H,26,27). The number of carboxylic acids is 1. The predicted molar refractivity (Wildman–Crippen MR) is 113 cm³/mol. The Balaban J connectivity index is 1.55. The van der Waals surface area contributed by atoms with Crippen LogP contribution in [0.25, 0.3) is 11.1 Å². The Morgan fingerprint density at radius 3 is 2.13 bits per heavy atom. The summed E-state index contributed by atoms with van der Waals surface area (Å²) in [4.78, 5) is 39.6. The van der Waals surface area contributed by atoms with Gasteiger partial charge in [-0.1, -0.05) is 62.4 Å². The number of nitrogens with one attached hydrogen (secondary N) is 2. The van der Waals surface area contributed by atoms with Crippen LogP contribution in [0.2, 0.25) is 0 Å². The molecule has 164 valence electrons. The SMILES string of the molecule is CC(C)C(CNC(=O)OCC1c2ccccc2-c2ccccc21)C(=O)NOCC(=O)O. The molecule has 0 spiro atoms. The molecule has 2 amide bonds. The van der Waals surface area contributed by atoms with Gasteiger partial charge in [-0.3, -0.25) is 9.63 Å². The van der Waals surface area contributed by atoms with Crippen molar-refractivity contribution in [3.63, 3.8) is 0 Å². The highest BCUT2D eigenvalue weighted by Crippen LogP contribution is 2.44. The number of fused-ring (bicyclic) bond motifs is 3. The van der Waals surface area contributed by atoms with Crippen molar-refractivity contribution in [2.45, 2.75) is 19.8 Å². The monoisotopic (exact) mass is 426 g/mol. The van der Waals surface area contributed by atoms with Gasteiger partial charge in [0.15, 0.2) is 6.61 Å². The van der Waals surface area contributed by atoms with Gasteiger partial charge in [-0.15, -0.1) is 0 Å². The number of ether oxygens (including phenoxy) is 1. The van der Waals surface area contributed by atoms with Crippen molar-refractivity contribution < 1.29 is 29.1 Å². The van der Waals surface area contributed by atoms with Gasteiger partial charge in [-0.05, 0) is 28.2 Å². The minimum Gasteiger partial charge on any atom is -0.479 e. The second-order valence-electron chi connectivity index (χ2n) is 7.71. The molecular weight excluding hydrogens is 400 g/mol. The van der Waals surface area contributed by atoms with E-state index < -0.39 is 30.5 Å². The summed E-state index contributed by atoms with van der Waals surface area (Å²) >= 11 is 0. The zero-order valence-corrected chi connectivity index (χ0v) is 17.5. The Kier molecular flexibility index (Phi) is 7.25. The molecule has 0 saturated carbocycles. The Morgan fingerprint density at radius 2 is 1.58 bits per heavy atom. The summed E-state index contributed by atoms with van der Waals surface area (Å²) in [6, 6.07) is 16.1. The average Bonchev–Trinajstić information content (AvgIpc) is 3.06. The molecule has 0 heterocycles. The average molecular weight is 426 g/mol. The van der Waals surface area contributed by atoms with Gasteiger partial charge in [-0.25, -0.2) is 15.1 Å². The van der Waals surface area contributed by atoms with E-state index in [2.05, 4.69) is 27.8 Å². The minimum absolute atomic E-state index is 0.0383. The summed E-state index contributed by atoms with van der Waals surface area (Å²) in [6.07, 6.45) is -0.619. The third kappa shape index (κ3) is 5.40. The first-order valence-corrected chi connectivity index (χ1v) is 10.1. The van der Waals surface area contributed by atoms with E-state index in [1.165, 1.54) is 0 Å². The van der Waals surface area contributed by atoms with Crippen molar-refractivity contribution in [1.29, 1.82) is 0 Å². The second kappa shape index (κ2) is 10.1. The molecule has 2 aromatic rings. The molecule has 2 aromatic carbocycles. The maximum Gasteiger partial charge on any atom is 0.407 e. The van der Waals surface area contributed by atoms with Crippen molar-refractivity contribution >= 4 is 18.0 Å². The zero-order valence-electron chi connectivity index (χ0n) is 17.5. The molecule has 1 atom stereocenters. The number of amides is 2. The van der Waals surface area contributed by atoms with E-state index in [-0.39, 0.29) is 25.0 Å². The molecule has 1 aliphatic rings. The molecule has 1 unspecified atom stereocenters. The topological polar surface area (TPSA) is 114 Å². The molecule has 0 fully saturated rings. The third-order valence-corrected chi connectivity index (χ3v) is 5.32. The van der Waals surface area contributed by atoms with Gasteiger partial charge in [0.25, 0.3) is 0 Å². The maximum absolute atomic E-state index is 12.3. The van der Waals surface area contributed by atoms with Crippen molar-refractivity contribution in [2.24, 2.45) is 11.8 Å². The van der Waals surface area contributed by atoms with Gasteiger partial charge in [0.05, 0.1) is 5.92 Å². The molecular formula is C23H26N2O6. The summed E-state index contributed by atoms with van der Waals surface area (Å²) in [5, 5.41) is 11.2. The molecule has 3 N–H and O–H groups in total. The van der Waals surface area contributed by atoms with Crippen LogP contribution in [0.4, 0.5) is 4.79 Å². The van der Waals surface area contributed by atoms with Gasteiger partial charge < -0.3 is 15.2 Å². The van der Waals surface area contributed by atoms with Crippen molar-refractivity contribution in [2.75, 3.05) is 19.8 Å². The van der Waals surface area contributed by atoms with E-state index in [0.29, 0.717) is 0 Å². The lowest BCUT2D eigenvalue weighted by molar-refractivity contribution is -0.151. The fraction of sp³-hybridized carbons (Fsp3) is 0.348. The fourth-order valence-electron chi connectivity index (χ4n) is 3.72. The van der Waals surface area contributed by atoms with Crippen LogP contribution in [0.1, 0.15) is 30.9 Å². The Labute approximate surface area is 180 Å². The Bertz CT molecular complexity index is 913. The molecule has 1 aliphatic carbocycles. The number of hydrogen-bond donors (Lipinski definition) is 3. The highest BCUT2D eigenvalue weighted by atomic mass is 16.7. The molecule has 0 bridgehead atoms. The van der Waals surface area contributed by atoms with Crippen LogP contribution in [-0.4, -0.2) is 42.8 Å². The van der Waals surface area contributed by atoms with Crippen LogP contribution >= 0.6 is 0 Å². The van der Waals surface area contributed by atoms with Gasteiger partial charge in [0.1, 0.15) is 6.61 Å². The van der Waals surface area contributed by atoms with Crippen LogP contribution < -0.4 is 10.8 Å². The first-order chi connectivity index (χ1) is 14.9. The van der Waals surface area contributed by atoms with Gasteiger partial charge in [0.2, 0.25) is 5.91 Å². The van der Waals surface area contributed by atoms with E-state index in [4.69, 9.17) is 9.84 Å². The van der Waals surface area contributed by atoms with Gasteiger partial charge >= 0.3 is 12.1 Å². The van der Waals surface area contributed by atoms with E-state index in [1.807, 2.05) is 50.2 Å². The molecule has 8 heteroatoms. The van der Waals surface area contributed by atoms with E-state index in [0.717, 1.165) is 22.3 Å². The zero-order chi connectivity index (χ0) is 22.4. The summed E-state index contributed by atoms with van der Waals surface area (Å²) in [5.74, 6) is -2.46. The molecule has 3 rings (SSSR count). The van der Waals surface area contributed by atoms with Gasteiger partial charge in [-0.2, -0.15) is 0 Å². The largest absolute Gasteiger partial charge is 0.479 e. The van der Waals surface area contributed by atoms with Crippen LogP contribution in [0, 0.1) is 11.8 Å². The predicted octanol–water partition coefficient (Wildman–Crippen LogP) is 2.93. The van der Waals surface area contributed by atoms with Crippen LogP contribution in [0.15, 0.2) is 48.5 Å². The number of aliphatic carboxylic acids is 1. The number of carbonyl (C=O) groups is 3. The van der Waals surface area contributed by atoms with Crippen molar-refractivity contribution in [3.8, 4) is 11.1 Å². The summed E-state index contributed by atoms with van der Waals surface area (Å²) < 4.78 is 5.47. The number of hydrogen-bond acceptors (Lipinski definition) is 5. The Hall–Kier alpha value is -3.39. The molecule has 0 aromatic heterocycles. The van der Waals surface area contributed by atoms with Crippen molar-refractivity contribution in [1.82, 2.24) is 10.8 Å².